The summed E-state index contributed by atoms with van der Waals surface area (Å²) in [7, 11) is 0. The first-order valence-corrected chi connectivity index (χ1v) is 6.63. The Kier molecular flexibility index (Phi) is 2.98. The largest absolute Gasteiger partial charge is 0.329 e. The van der Waals surface area contributed by atoms with Crippen molar-refractivity contribution in [1.29, 1.82) is 0 Å². The summed E-state index contributed by atoms with van der Waals surface area (Å²) in [4.78, 5) is 27.5. The first kappa shape index (κ1) is 12.2. The Labute approximate surface area is 110 Å². The van der Waals surface area contributed by atoms with E-state index in [1.165, 1.54) is 4.57 Å². The van der Waals surface area contributed by atoms with Crippen molar-refractivity contribution in [1.82, 2.24) is 14.9 Å². The SMILES string of the molecule is Cc1cccc2c(=O)n(C3CCCNC3)c(=O)[nH]c12. The fourth-order valence-corrected chi connectivity index (χ4v) is 2.79. The van der Waals surface area contributed by atoms with Gasteiger partial charge in [0.15, 0.2) is 0 Å². The number of H-pyrrole nitrogens is 1. The number of aromatic amines is 1. The van der Waals surface area contributed by atoms with Crippen molar-refractivity contribution in [2.75, 3.05) is 13.1 Å². The average Bonchev–Trinajstić information content (AvgIpc) is 2.41. The zero-order valence-corrected chi connectivity index (χ0v) is 10.9. The summed E-state index contributed by atoms with van der Waals surface area (Å²) in [5.41, 5.74) is 1.08. The summed E-state index contributed by atoms with van der Waals surface area (Å²) in [6, 6.07) is 5.47. The molecule has 0 aliphatic carbocycles. The van der Waals surface area contributed by atoms with Gasteiger partial charge in [0, 0.05) is 6.54 Å². The predicted molar refractivity (Wildman–Crippen MR) is 74.7 cm³/mol. The summed E-state index contributed by atoms with van der Waals surface area (Å²) >= 11 is 0. The Morgan fingerprint density at radius 3 is 2.89 bits per heavy atom. The molecule has 1 unspecified atom stereocenters. The van der Waals surface area contributed by atoms with Crippen LogP contribution in [-0.4, -0.2) is 22.6 Å². The van der Waals surface area contributed by atoms with Crippen molar-refractivity contribution in [2.45, 2.75) is 25.8 Å². The average molecular weight is 259 g/mol. The lowest BCUT2D eigenvalue weighted by Gasteiger charge is -2.24. The number of piperidine rings is 1. The second-order valence-electron chi connectivity index (χ2n) is 5.10. The molecule has 1 aliphatic heterocycles. The van der Waals surface area contributed by atoms with E-state index < -0.39 is 0 Å². The van der Waals surface area contributed by atoms with E-state index in [0.29, 0.717) is 17.4 Å². The molecule has 1 aliphatic rings. The summed E-state index contributed by atoms with van der Waals surface area (Å²) < 4.78 is 1.37. The van der Waals surface area contributed by atoms with Crippen molar-refractivity contribution in [3.63, 3.8) is 0 Å². The number of aryl methyl sites for hydroxylation is 1. The third kappa shape index (κ3) is 2.00. The van der Waals surface area contributed by atoms with E-state index in [1.807, 2.05) is 19.1 Å². The molecule has 1 aromatic carbocycles. The molecule has 1 aromatic heterocycles. The van der Waals surface area contributed by atoms with Crippen LogP contribution in [0.25, 0.3) is 10.9 Å². The highest BCUT2D eigenvalue weighted by molar-refractivity contribution is 5.80. The molecule has 0 bridgehead atoms. The molecule has 0 saturated carbocycles. The van der Waals surface area contributed by atoms with Crippen LogP contribution in [-0.2, 0) is 0 Å². The Balaban J connectivity index is 2.26. The number of hydrogen-bond donors (Lipinski definition) is 2. The first-order valence-electron chi connectivity index (χ1n) is 6.63. The van der Waals surface area contributed by atoms with E-state index in [1.54, 1.807) is 6.07 Å². The summed E-state index contributed by atoms with van der Waals surface area (Å²) in [5, 5.41) is 3.82. The van der Waals surface area contributed by atoms with E-state index in [0.717, 1.165) is 24.9 Å². The second-order valence-corrected chi connectivity index (χ2v) is 5.10. The Hall–Kier alpha value is -1.88. The highest BCUT2D eigenvalue weighted by Gasteiger charge is 2.19. The molecule has 1 atom stereocenters. The lowest BCUT2D eigenvalue weighted by atomic mass is 10.1. The molecule has 1 saturated heterocycles. The highest BCUT2D eigenvalue weighted by atomic mass is 16.2. The van der Waals surface area contributed by atoms with Crippen LogP contribution in [0.15, 0.2) is 27.8 Å². The number of nitrogens with one attached hydrogen (secondary N) is 2. The maximum absolute atomic E-state index is 12.5. The van der Waals surface area contributed by atoms with Gasteiger partial charge < -0.3 is 10.3 Å². The fourth-order valence-electron chi connectivity index (χ4n) is 2.79. The van der Waals surface area contributed by atoms with Gasteiger partial charge in [-0.1, -0.05) is 12.1 Å². The van der Waals surface area contributed by atoms with Gasteiger partial charge >= 0.3 is 5.69 Å². The van der Waals surface area contributed by atoms with Crippen molar-refractivity contribution < 1.29 is 0 Å². The zero-order chi connectivity index (χ0) is 13.4. The third-order valence-electron chi connectivity index (χ3n) is 3.81. The number of para-hydroxylation sites is 1. The molecule has 2 aromatic rings. The lowest BCUT2D eigenvalue weighted by Crippen LogP contribution is -2.44. The fraction of sp³-hybridized carbons (Fsp3) is 0.429. The van der Waals surface area contributed by atoms with Crippen LogP contribution in [0, 0.1) is 6.92 Å². The minimum Gasteiger partial charge on any atom is -0.315 e. The molecule has 0 radical (unpaired) electrons. The van der Waals surface area contributed by atoms with Crippen LogP contribution in [0.2, 0.25) is 0 Å². The van der Waals surface area contributed by atoms with E-state index in [-0.39, 0.29) is 17.3 Å². The standard InChI is InChI=1S/C14H17N3O2/c1-9-4-2-6-11-12(9)16-14(19)17(13(11)18)10-5-3-7-15-8-10/h2,4,6,10,15H,3,5,7-8H2,1H3,(H,16,19). The van der Waals surface area contributed by atoms with Gasteiger partial charge in [0.05, 0.1) is 16.9 Å². The van der Waals surface area contributed by atoms with E-state index in [9.17, 15) is 9.59 Å². The van der Waals surface area contributed by atoms with E-state index >= 15 is 0 Å². The topological polar surface area (TPSA) is 66.9 Å². The number of nitrogens with zero attached hydrogens (tertiary/aromatic N) is 1. The molecule has 2 heterocycles. The predicted octanol–water partition coefficient (Wildman–Crippen LogP) is 0.923. The van der Waals surface area contributed by atoms with Gasteiger partial charge in [-0.15, -0.1) is 0 Å². The number of aromatic nitrogens is 2. The number of fused-ring (bicyclic) bond motifs is 1. The minimum atomic E-state index is -0.305. The quantitative estimate of drug-likeness (QED) is 0.800. The molecule has 0 amide bonds. The molecule has 19 heavy (non-hydrogen) atoms. The van der Waals surface area contributed by atoms with Crippen molar-refractivity contribution >= 4 is 10.9 Å². The maximum Gasteiger partial charge on any atom is 0.329 e. The monoisotopic (exact) mass is 259 g/mol. The molecular formula is C14H17N3O2. The van der Waals surface area contributed by atoms with Crippen LogP contribution in [0.3, 0.4) is 0 Å². The first-order chi connectivity index (χ1) is 9.18. The Bertz CT molecular complexity index is 724. The van der Waals surface area contributed by atoms with Crippen molar-refractivity contribution in [3.8, 4) is 0 Å². The number of rotatable bonds is 1. The van der Waals surface area contributed by atoms with Gasteiger partial charge in [0.25, 0.3) is 5.56 Å². The Morgan fingerprint density at radius 2 is 2.16 bits per heavy atom. The second kappa shape index (κ2) is 4.66. The molecular weight excluding hydrogens is 242 g/mol. The van der Waals surface area contributed by atoms with Crippen LogP contribution in [0.5, 0.6) is 0 Å². The van der Waals surface area contributed by atoms with Gasteiger partial charge in [-0.05, 0) is 37.9 Å². The van der Waals surface area contributed by atoms with Crippen LogP contribution < -0.4 is 16.6 Å². The molecule has 3 rings (SSSR count). The van der Waals surface area contributed by atoms with E-state index in [4.69, 9.17) is 0 Å². The molecule has 2 N–H and O–H groups in total. The van der Waals surface area contributed by atoms with Gasteiger partial charge in [-0.3, -0.25) is 9.36 Å². The summed E-state index contributed by atoms with van der Waals surface area (Å²) in [6.07, 6.45) is 1.86. The minimum absolute atomic E-state index is 0.0464. The normalized spacial score (nSPS) is 19.7. The molecule has 0 spiro atoms. The van der Waals surface area contributed by atoms with Gasteiger partial charge in [-0.2, -0.15) is 0 Å². The van der Waals surface area contributed by atoms with E-state index in [2.05, 4.69) is 10.3 Å². The number of hydrogen-bond acceptors (Lipinski definition) is 3. The number of benzene rings is 1. The van der Waals surface area contributed by atoms with Crippen LogP contribution in [0.4, 0.5) is 0 Å². The van der Waals surface area contributed by atoms with Crippen molar-refractivity contribution in [2.24, 2.45) is 0 Å². The summed E-state index contributed by atoms with van der Waals surface area (Å²) in [6.45, 7) is 3.53. The van der Waals surface area contributed by atoms with Crippen molar-refractivity contribution in [3.05, 3.63) is 44.6 Å². The highest BCUT2D eigenvalue weighted by Crippen LogP contribution is 2.15. The van der Waals surface area contributed by atoms with Gasteiger partial charge in [0.2, 0.25) is 0 Å². The zero-order valence-electron chi connectivity index (χ0n) is 10.9. The maximum atomic E-state index is 12.5. The van der Waals surface area contributed by atoms with Gasteiger partial charge in [-0.25, -0.2) is 4.79 Å². The van der Waals surface area contributed by atoms with Crippen LogP contribution in [0.1, 0.15) is 24.4 Å². The summed E-state index contributed by atoms with van der Waals surface area (Å²) in [5.74, 6) is 0. The molecule has 1 fully saturated rings. The Morgan fingerprint density at radius 1 is 1.32 bits per heavy atom. The lowest BCUT2D eigenvalue weighted by molar-refractivity contribution is 0.355. The molecule has 100 valence electrons. The van der Waals surface area contributed by atoms with Crippen LogP contribution >= 0.6 is 0 Å². The molecule has 5 heteroatoms. The smallest absolute Gasteiger partial charge is 0.315 e. The molecule has 5 nitrogen and oxygen atoms in total. The van der Waals surface area contributed by atoms with Gasteiger partial charge in [0.1, 0.15) is 0 Å². The third-order valence-corrected chi connectivity index (χ3v) is 3.81.